The van der Waals surface area contributed by atoms with E-state index in [9.17, 15) is 4.79 Å². The Morgan fingerprint density at radius 3 is 2.70 bits per heavy atom. The molecule has 1 amide bonds. The van der Waals surface area contributed by atoms with Gasteiger partial charge in [0, 0.05) is 15.1 Å². The summed E-state index contributed by atoms with van der Waals surface area (Å²) in [6.45, 7) is 0.686. The molecule has 1 aromatic heterocycles. The van der Waals surface area contributed by atoms with E-state index in [1.807, 2.05) is 24.3 Å². The van der Waals surface area contributed by atoms with E-state index in [1.165, 1.54) is 6.21 Å². The third-order valence-electron chi connectivity index (χ3n) is 3.58. The predicted octanol–water partition coefficient (Wildman–Crippen LogP) is 3.69. The fraction of sp³-hybridized carbons (Fsp3) is 0.158. The topological polar surface area (TPSA) is 112 Å². The lowest BCUT2D eigenvalue weighted by atomic mass is 10.2. The molecule has 0 aliphatic carbocycles. The number of hydrogen-bond donors (Lipinski definition) is 2. The number of hydrazone groups is 1. The Balaban J connectivity index is 1.51. The van der Waals surface area contributed by atoms with Crippen LogP contribution in [0, 0.1) is 0 Å². The normalized spacial score (nSPS) is 10.9. The van der Waals surface area contributed by atoms with Crippen molar-refractivity contribution in [3.63, 3.8) is 0 Å². The molecule has 1 heterocycles. The second-order valence-corrected chi connectivity index (χ2v) is 8.28. The third-order valence-corrected chi connectivity index (χ3v) is 5.10. The van der Waals surface area contributed by atoms with Crippen LogP contribution in [0.3, 0.4) is 0 Å². The van der Waals surface area contributed by atoms with Crippen molar-refractivity contribution in [3.8, 4) is 11.5 Å². The van der Waals surface area contributed by atoms with Gasteiger partial charge < -0.3 is 15.2 Å². The van der Waals surface area contributed by atoms with E-state index >= 15 is 0 Å². The number of nitrogens with two attached hydrogens (primary N) is 1. The number of aromatic nitrogens is 2. The molecule has 0 fully saturated rings. The average Bonchev–Trinajstić information content (AvgIpc) is 3.12. The van der Waals surface area contributed by atoms with Crippen molar-refractivity contribution in [2.75, 3.05) is 18.9 Å². The number of benzene rings is 2. The van der Waals surface area contributed by atoms with Crippen LogP contribution in [-0.4, -0.2) is 35.5 Å². The van der Waals surface area contributed by atoms with E-state index in [4.69, 9.17) is 26.8 Å². The van der Waals surface area contributed by atoms with Crippen molar-refractivity contribution in [1.82, 2.24) is 15.6 Å². The van der Waals surface area contributed by atoms with Gasteiger partial charge in [0.05, 0.1) is 12.6 Å². The van der Waals surface area contributed by atoms with Gasteiger partial charge in [0.2, 0.25) is 11.0 Å². The minimum Gasteiger partial charge on any atom is -0.490 e. The number of nitrogens with one attached hydrogen (secondary N) is 1. The van der Waals surface area contributed by atoms with Crippen molar-refractivity contribution in [1.29, 1.82) is 0 Å². The minimum absolute atomic E-state index is 0.0402. The van der Waals surface area contributed by atoms with E-state index in [0.717, 1.165) is 21.6 Å². The first kappa shape index (κ1) is 22.0. The van der Waals surface area contributed by atoms with Gasteiger partial charge in [-0.05, 0) is 42.5 Å². The van der Waals surface area contributed by atoms with Gasteiger partial charge >= 0.3 is 0 Å². The van der Waals surface area contributed by atoms with E-state index in [2.05, 4.69) is 36.7 Å². The lowest BCUT2D eigenvalue weighted by Gasteiger charge is -2.11. The molecule has 0 atom stereocenters. The second kappa shape index (κ2) is 10.9. The second-order valence-electron chi connectivity index (χ2n) is 5.84. The Hall–Kier alpha value is -2.69. The maximum atomic E-state index is 11.9. The third kappa shape index (κ3) is 6.97. The average molecular weight is 511 g/mol. The van der Waals surface area contributed by atoms with Crippen LogP contribution in [0.1, 0.15) is 10.6 Å². The van der Waals surface area contributed by atoms with Crippen LogP contribution in [0.15, 0.2) is 52.0 Å². The van der Waals surface area contributed by atoms with Crippen LogP contribution in [0.2, 0.25) is 5.02 Å². The highest BCUT2D eigenvalue weighted by Crippen LogP contribution is 2.22. The maximum absolute atomic E-state index is 11.9. The van der Waals surface area contributed by atoms with Crippen molar-refractivity contribution < 1.29 is 14.3 Å². The molecule has 11 heteroatoms. The van der Waals surface area contributed by atoms with Gasteiger partial charge in [0.25, 0.3) is 0 Å². The standard InChI is InChI=1S/C19H17BrClN5O3S/c20-13-1-4-15(5-2-13)28-7-8-29-16-6-3-14(21)9-12(16)11-23-24-17(27)10-18-25-26-19(22)30-18/h1-6,9,11H,7-8,10H2,(H2,22,26)(H,24,27). The molecule has 3 aromatic rings. The van der Waals surface area contributed by atoms with Crippen LogP contribution < -0.4 is 20.6 Å². The molecule has 156 valence electrons. The number of anilines is 1. The Morgan fingerprint density at radius 2 is 1.97 bits per heavy atom. The summed E-state index contributed by atoms with van der Waals surface area (Å²) in [5.41, 5.74) is 8.54. The largest absolute Gasteiger partial charge is 0.490 e. The number of amides is 1. The Kier molecular flexibility index (Phi) is 8.00. The zero-order valence-corrected chi connectivity index (χ0v) is 18.7. The zero-order valence-electron chi connectivity index (χ0n) is 15.5. The van der Waals surface area contributed by atoms with Gasteiger partial charge in [-0.3, -0.25) is 4.79 Å². The highest BCUT2D eigenvalue weighted by molar-refractivity contribution is 9.10. The lowest BCUT2D eigenvalue weighted by molar-refractivity contribution is -0.120. The number of nitrogens with zero attached hydrogens (tertiary/aromatic N) is 3. The first-order valence-electron chi connectivity index (χ1n) is 8.70. The number of halogens is 2. The lowest BCUT2D eigenvalue weighted by Crippen LogP contribution is -2.19. The van der Waals surface area contributed by atoms with Crippen molar-refractivity contribution in [2.45, 2.75) is 6.42 Å². The molecule has 0 saturated carbocycles. The molecule has 3 rings (SSSR count). The number of nitrogen functional groups attached to an aromatic ring is 1. The number of rotatable bonds is 9. The van der Waals surface area contributed by atoms with Gasteiger partial charge in [0.15, 0.2) is 0 Å². The molecule has 0 radical (unpaired) electrons. The highest BCUT2D eigenvalue weighted by Gasteiger charge is 2.08. The number of hydrogen-bond acceptors (Lipinski definition) is 8. The summed E-state index contributed by atoms with van der Waals surface area (Å²) >= 11 is 10.6. The molecule has 0 saturated heterocycles. The summed E-state index contributed by atoms with van der Waals surface area (Å²) in [6, 6.07) is 12.7. The summed E-state index contributed by atoms with van der Waals surface area (Å²) in [5.74, 6) is 0.975. The van der Waals surface area contributed by atoms with Crippen molar-refractivity contribution in [3.05, 3.63) is 62.5 Å². The van der Waals surface area contributed by atoms with E-state index in [-0.39, 0.29) is 12.3 Å². The van der Waals surface area contributed by atoms with Crippen molar-refractivity contribution >= 4 is 56.1 Å². The molecule has 3 N–H and O–H groups in total. The number of ether oxygens (including phenoxy) is 2. The monoisotopic (exact) mass is 509 g/mol. The fourth-order valence-corrected chi connectivity index (χ4v) is 3.34. The first-order valence-corrected chi connectivity index (χ1v) is 10.7. The number of carbonyl (C=O) groups is 1. The van der Waals surface area contributed by atoms with Crippen molar-refractivity contribution in [2.24, 2.45) is 5.10 Å². The summed E-state index contributed by atoms with van der Waals surface area (Å²) in [5, 5.41) is 12.8. The molecule has 0 spiro atoms. The molecular formula is C19H17BrClN5O3S. The summed E-state index contributed by atoms with van der Waals surface area (Å²) in [4.78, 5) is 11.9. The van der Waals surface area contributed by atoms with Crippen LogP contribution in [0.4, 0.5) is 5.13 Å². The fourth-order valence-electron chi connectivity index (χ4n) is 2.28. The van der Waals surface area contributed by atoms with Gasteiger partial charge in [-0.15, -0.1) is 10.2 Å². The molecule has 0 aliphatic rings. The van der Waals surface area contributed by atoms with E-state index in [0.29, 0.717) is 39.7 Å². The quantitative estimate of drug-likeness (QED) is 0.258. The summed E-state index contributed by atoms with van der Waals surface area (Å²) in [6.07, 6.45) is 1.50. The molecule has 8 nitrogen and oxygen atoms in total. The Bertz CT molecular complexity index is 1030. The van der Waals surface area contributed by atoms with Crippen LogP contribution in [-0.2, 0) is 11.2 Å². The Labute approximate surface area is 190 Å². The number of carbonyl (C=O) groups excluding carboxylic acids is 1. The highest BCUT2D eigenvalue weighted by atomic mass is 79.9. The molecule has 0 unspecified atom stereocenters. The van der Waals surface area contributed by atoms with Crippen LogP contribution in [0.25, 0.3) is 0 Å². The molecular weight excluding hydrogens is 494 g/mol. The van der Waals surface area contributed by atoms with Gasteiger partial charge in [0.1, 0.15) is 29.7 Å². The van der Waals surface area contributed by atoms with Gasteiger partial charge in [-0.25, -0.2) is 5.43 Å². The maximum Gasteiger partial charge on any atom is 0.247 e. The molecule has 2 aromatic carbocycles. The van der Waals surface area contributed by atoms with E-state index < -0.39 is 0 Å². The van der Waals surface area contributed by atoms with Gasteiger partial charge in [-0.1, -0.05) is 38.9 Å². The smallest absolute Gasteiger partial charge is 0.247 e. The molecule has 30 heavy (non-hydrogen) atoms. The zero-order chi connectivity index (χ0) is 21.3. The Morgan fingerprint density at radius 1 is 1.20 bits per heavy atom. The minimum atomic E-state index is -0.338. The van der Waals surface area contributed by atoms with Gasteiger partial charge in [-0.2, -0.15) is 5.10 Å². The molecule has 0 aliphatic heterocycles. The first-order chi connectivity index (χ1) is 14.5. The van der Waals surface area contributed by atoms with E-state index in [1.54, 1.807) is 18.2 Å². The predicted molar refractivity (Wildman–Crippen MR) is 120 cm³/mol. The van der Waals surface area contributed by atoms with Crippen LogP contribution >= 0.6 is 38.9 Å². The summed E-state index contributed by atoms with van der Waals surface area (Å²) in [7, 11) is 0. The molecule has 0 bridgehead atoms. The van der Waals surface area contributed by atoms with Crippen LogP contribution in [0.5, 0.6) is 11.5 Å². The summed E-state index contributed by atoms with van der Waals surface area (Å²) < 4.78 is 12.4. The SMILES string of the molecule is Nc1nnc(CC(=O)NN=Cc2cc(Cl)ccc2OCCOc2ccc(Br)cc2)s1.